The molecule has 4 aromatic rings. The number of nitrogens with zero attached hydrogens (tertiary/aromatic N) is 1. The second-order valence-electron chi connectivity index (χ2n) is 11.9. The van der Waals surface area contributed by atoms with Gasteiger partial charge in [-0.2, -0.15) is 0 Å². The normalized spacial score (nSPS) is 28.6. The van der Waals surface area contributed by atoms with Crippen LogP contribution in [0.25, 0.3) is 0 Å². The van der Waals surface area contributed by atoms with Gasteiger partial charge in [-0.1, -0.05) is 68.7 Å². The molecule has 0 spiro atoms. The van der Waals surface area contributed by atoms with Crippen LogP contribution in [0.15, 0.2) is 81.0 Å². The minimum Gasteiger partial charge on any atom is -0.489 e. The van der Waals surface area contributed by atoms with Crippen LogP contribution in [0.4, 0.5) is 5.69 Å². The zero-order chi connectivity index (χ0) is 29.6. The molecule has 5 unspecified atom stereocenters. The summed E-state index contributed by atoms with van der Waals surface area (Å²) in [4.78, 5) is 46.0. The van der Waals surface area contributed by atoms with Crippen LogP contribution in [0, 0.1) is 36.5 Å². The fourth-order valence-corrected chi connectivity index (χ4v) is 11.3. The van der Waals surface area contributed by atoms with E-state index in [0.29, 0.717) is 17.3 Å². The number of thiazole rings is 1. The Balaban J connectivity index is 1.20. The molecule has 2 amide bonds. The van der Waals surface area contributed by atoms with Crippen molar-refractivity contribution in [2.24, 2.45) is 29.6 Å². The Hall–Kier alpha value is -2.85. The predicted octanol–water partition coefficient (Wildman–Crippen LogP) is 7.42. The molecule has 10 heteroatoms. The molecule has 3 aromatic carbocycles. The Labute approximate surface area is 269 Å². The van der Waals surface area contributed by atoms with Gasteiger partial charge in [0.15, 0.2) is 0 Å². The fraction of sp³-hybridized carbons (Fsp3) is 0.303. The van der Waals surface area contributed by atoms with Crippen molar-refractivity contribution in [2.45, 2.75) is 36.1 Å². The van der Waals surface area contributed by atoms with Gasteiger partial charge in [0, 0.05) is 31.1 Å². The average Bonchev–Trinajstić information content (AvgIpc) is 3.73. The van der Waals surface area contributed by atoms with Gasteiger partial charge in [0.1, 0.15) is 12.4 Å². The van der Waals surface area contributed by atoms with Crippen LogP contribution in [0.1, 0.15) is 33.9 Å². The lowest BCUT2D eigenvalue weighted by Crippen LogP contribution is -2.42. The van der Waals surface area contributed by atoms with Crippen molar-refractivity contribution in [3.05, 3.63) is 107 Å². The number of hydrogen-bond acceptors (Lipinski definition) is 6. The first kappa shape index (κ1) is 27.7. The maximum absolute atomic E-state index is 14.0. The highest BCUT2D eigenvalue weighted by Crippen LogP contribution is 2.69. The molecule has 3 heterocycles. The number of benzene rings is 3. The molecule has 8 rings (SSSR count). The lowest BCUT2D eigenvalue weighted by molar-refractivity contribution is -0.123. The molecular formula is C33H26BrClN2O4S2. The highest BCUT2D eigenvalue weighted by Gasteiger charge is 2.69. The number of aromatic nitrogens is 1. The molecule has 1 aromatic heterocycles. The zero-order valence-corrected chi connectivity index (χ0v) is 26.9. The third-order valence-electron chi connectivity index (χ3n) is 9.63. The molecule has 43 heavy (non-hydrogen) atoms. The molecule has 3 fully saturated rings. The van der Waals surface area contributed by atoms with E-state index in [1.807, 2.05) is 42.5 Å². The quantitative estimate of drug-likeness (QED) is 0.220. The smallest absolute Gasteiger partial charge is 0.305 e. The lowest BCUT2D eigenvalue weighted by atomic mass is 9.68. The number of nitrogens with one attached hydrogen (secondary N) is 1. The van der Waals surface area contributed by atoms with Gasteiger partial charge in [-0.25, -0.2) is 0 Å². The summed E-state index contributed by atoms with van der Waals surface area (Å²) >= 11 is 13.0. The number of aryl methyl sites for hydroxylation is 1. The molecule has 7 atom stereocenters. The molecule has 1 N–H and O–H groups in total. The van der Waals surface area contributed by atoms with Gasteiger partial charge in [0.2, 0.25) is 11.8 Å². The largest absolute Gasteiger partial charge is 0.489 e. The van der Waals surface area contributed by atoms with Crippen LogP contribution < -0.4 is 14.5 Å². The van der Waals surface area contributed by atoms with E-state index in [1.165, 1.54) is 21.8 Å². The van der Waals surface area contributed by atoms with Crippen molar-refractivity contribution in [3.63, 3.8) is 0 Å². The van der Waals surface area contributed by atoms with Gasteiger partial charge >= 0.3 is 4.87 Å². The van der Waals surface area contributed by atoms with Crippen molar-refractivity contribution in [1.29, 1.82) is 0 Å². The molecular weight excluding hydrogens is 668 g/mol. The monoisotopic (exact) mass is 692 g/mol. The highest BCUT2D eigenvalue weighted by atomic mass is 79.9. The molecule has 4 aliphatic rings. The van der Waals surface area contributed by atoms with Crippen LogP contribution in [-0.4, -0.2) is 22.0 Å². The summed E-state index contributed by atoms with van der Waals surface area (Å²) in [6.07, 6.45) is 0.819. The van der Waals surface area contributed by atoms with E-state index in [2.05, 4.69) is 52.1 Å². The molecule has 2 aliphatic heterocycles. The number of anilines is 1. The van der Waals surface area contributed by atoms with Gasteiger partial charge in [0.25, 0.3) is 0 Å². The molecule has 2 aliphatic carbocycles. The Morgan fingerprint density at radius 1 is 0.977 bits per heavy atom. The standard InChI is InChI=1S/C33H26BrClN2O4S2/c1-15-2-4-16(5-3-15)14-41-23-11-8-18(35)12-20(23)24-25-21-13-22(28(25)42-30-29(24)43-33(40)36-30)27-26(21)31(38)37(32(27)39)19-9-6-17(34)7-10-19/h2-12,21-22,24-28H,13-14H2,1H3,(H,36,40)/t21-,22-,24?,25?,26?,27?,28?/m1/s1. The fourth-order valence-electron chi connectivity index (χ4n) is 7.95. The van der Waals surface area contributed by atoms with E-state index in [9.17, 15) is 14.4 Å². The molecule has 2 bridgehead atoms. The van der Waals surface area contributed by atoms with Crippen molar-refractivity contribution in [1.82, 2.24) is 4.98 Å². The van der Waals surface area contributed by atoms with Crippen LogP contribution in [0.5, 0.6) is 5.75 Å². The summed E-state index contributed by atoms with van der Waals surface area (Å²) in [5.74, 6) is -0.304. The number of ether oxygens (including phenoxy) is 1. The van der Waals surface area contributed by atoms with Crippen LogP contribution in [0.2, 0.25) is 5.02 Å². The first-order valence-electron chi connectivity index (χ1n) is 14.3. The number of carbonyl (C=O) groups is 2. The van der Waals surface area contributed by atoms with Crippen molar-refractivity contribution >= 4 is 68.1 Å². The summed E-state index contributed by atoms with van der Waals surface area (Å²) in [6.45, 7) is 2.45. The first-order chi connectivity index (χ1) is 20.8. The first-order valence-corrected chi connectivity index (χ1v) is 17.2. The van der Waals surface area contributed by atoms with Gasteiger partial charge in [-0.05, 0) is 79.1 Å². The lowest BCUT2D eigenvalue weighted by Gasteiger charge is -2.43. The number of amides is 2. The third kappa shape index (κ3) is 4.37. The van der Waals surface area contributed by atoms with Gasteiger partial charge in [-0.3, -0.25) is 19.3 Å². The second kappa shape index (κ2) is 10.4. The number of rotatable bonds is 5. The molecule has 0 radical (unpaired) electrons. The van der Waals surface area contributed by atoms with Gasteiger partial charge in [-0.15, -0.1) is 11.8 Å². The minimum absolute atomic E-state index is 0.00341. The van der Waals surface area contributed by atoms with Gasteiger partial charge in [0.05, 0.1) is 22.5 Å². The molecule has 218 valence electrons. The van der Waals surface area contributed by atoms with E-state index >= 15 is 0 Å². The number of imide groups is 1. The summed E-state index contributed by atoms with van der Waals surface area (Å²) < 4.78 is 7.34. The van der Waals surface area contributed by atoms with Crippen molar-refractivity contribution in [3.8, 4) is 5.75 Å². The summed E-state index contributed by atoms with van der Waals surface area (Å²) in [6, 6.07) is 21.3. The van der Waals surface area contributed by atoms with Crippen molar-refractivity contribution in [2.75, 3.05) is 4.90 Å². The second-order valence-corrected chi connectivity index (χ2v) is 15.5. The van der Waals surface area contributed by atoms with Crippen LogP contribution >= 0.6 is 50.6 Å². The number of aromatic amines is 1. The number of fused-ring (bicyclic) bond motifs is 9. The van der Waals surface area contributed by atoms with E-state index in [1.54, 1.807) is 11.8 Å². The summed E-state index contributed by atoms with van der Waals surface area (Å²) in [7, 11) is 0. The molecule has 1 saturated heterocycles. The van der Waals surface area contributed by atoms with E-state index in [-0.39, 0.29) is 57.4 Å². The minimum atomic E-state index is -0.376. The number of H-pyrrole nitrogens is 1. The number of carbonyl (C=O) groups excluding carboxylic acids is 2. The van der Waals surface area contributed by atoms with Crippen molar-refractivity contribution < 1.29 is 14.3 Å². The number of hydrogen-bond donors (Lipinski definition) is 1. The molecule has 6 nitrogen and oxygen atoms in total. The van der Waals surface area contributed by atoms with Crippen LogP contribution in [0.3, 0.4) is 0 Å². The van der Waals surface area contributed by atoms with Gasteiger partial charge < -0.3 is 9.72 Å². The number of thioether (sulfide) groups is 1. The van der Waals surface area contributed by atoms with E-state index in [0.717, 1.165) is 37.7 Å². The average molecular weight is 694 g/mol. The number of halogens is 2. The SMILES string of the molecule is Cc1ccc(COc2ccc(Cl)cc2C2c3sc(=O)[nH]c3SC3C2[C@H]2C[C@@H]3C3C(=O)N(c4ccc(Br)cc4)C(=O)C32)cc1. The maximum atomic E-state index is 14.0. The topological polar surface area (TPSA) is 79.5 Å². The van der Waals surface area contributed by atoms with E-state index in [4.69, 9.17) is 16.3 Å². The van der Waals surface area contributed by atoms with Crippen LogP contribution in [-0.2, 0) is 16.2 Å². The Bertz CT molecular complexity index is 1840. The highest BCUT2D eigenvalue weighted by molar-refractivity contribution is 9.10. The Morgan fingerprint density at radius 3 is 2.44 bits per heavy atom. The Morgan fingerprint density at radius 2 is 1.70 bits per heavy atom. The Kier molecular flexibility index (Phi) is 6.67. The summed E-state index contributed by atoms with van der Waals surface area (Å²) in [5.41, 5.74) is 3.78. The predicted molar refractivity (Wildman–Crippen MR) is 172 cm³/mol. The summed E-state index contributed by atoms with van der Waals surface area (Å²) in [5, 5.41) is 1.53. The molecule has 2 saturated carbocycles. The third-order valence-corrected chi connectivity index (χ3v) is 13.0. The maximum Gasteiger partial charge on any atom is 0.305 e. The zero-order valence-electron chi connectivity index (χ0n) is 23.0. The van der Waals surface area contributed by atoms with E-state index < -0.39 is 0 Å².